The van der Waals surface area contributed by atoms with E-state index in [1.807, 2.05) is 5.32 Å². The zero-order chi connectivity index (χ0) is 13.6. The van der Waals surface area contributed by atoms with Crippen LogP contribution in [0.5, 0.6) is 0 Å². The molecule has 0 aliphatic carbocycles. The maximum absolute atomic E-state index is 11.5. The Kier molecular flexibility index (Phi) is 6.07. The highest BCUT2D eigenvalue weighted by molar-refractivity contribution is 7.87. The molecule has 0 aromatic rings. The van der Waals surface area contributed by atoms with Gasteiger partial charge in [-0.3, -0.25) is 9.59 Å². The quantitative estimate of drug-likeness (QED) is 0.512. The molecule has 0 aliphatic heterocycles. The van der Waals surface area contributed by atoms with Gasteiger partial charge in [0.15, 0.2) is 0 Å². The van der Waals surface area contributed by atoms with Gasteiger partial charge in [0.05, 0.1) is 6.54 Å². The largest absolute Gasteiger partial charge is 0.480 e. The molecule has 0 saturated heterocycles. The Bertz CT molecular complexity index is 379. The summed E-state index contributed by atoms with van der Waals surface area (Å²) in [5.74, 6) is -1.89. The summed E-state index contributed by atoms with van der Waals surface area (Å²) in [6.07, 6.45) is 0. The van der Waals surface area contributed by atoms with Gasteiger partial charge in [-0.25, -0.2) is 0 Å². The van der Waals surface area contributed by atoms with Gasteiger partial charge in [-0.15, -0.1) is 0 Å². The van der Waals surface area contributed by atoms with E-state index in [1.54, 1.807) is 13.8 Å². The standard InChI is InChI=1S/C8H17N3O5S/c1-6(2)11(3)17(15,16)10-4-7(12)9-5-8(13)14/h6,10H,4-5H2,1-3H3,(H,9,12)(H,13,14). The number of carboxylic acids is 1. The van der Waals surface area contributed by atoms with Crippen molar-refractivity contribution in [3.8, 4) is 0 Å². The lowest BCUT2D eigenvalue weighted by atomic mass is 10.4. The first-order chi connectivity index (χ1) is 7.66. The van der Waals surface area contributed by atoms with Gasteiger partial charge < -0.3 is 10.4 Å². The molecule has 0 radical (unpaired) electrons. The van der Waals surface area contributed by atoms with E-state index < -0.39 is 35.2 Å². The predicted octanol–water partition coefficient (Wildman–Crippen LogP) is -1.64. The van der Waals surface area contributed by atoms with E-state index in [1.165, 1.54) is 7.05 Å². The van der Waals surface area contributed by atoms with Crippen LogP contribution in [0.1, 0.15) is 13.8 Å². The van der Waals surface area contributed by atoms with Crippen LogP contribution < -0.4 is 10.0 Å². The summed E-state index contributed by atoms with van der Waals surface area (Å²) in [6, 6.07) is -0.241. The first-order valence-electron chi connectivity index (χ1n) is 4.88. The van der Waals surface area contributed by atoms with Gasteiger partial charge >= 0.3 is 5.97 Å². The van der Waals surface area contributed by atoms with E-state index in [0.717, 1.165) is 4.31 Å². The smallest absolute Gasteiger partial charge is 0.322 e. The molecule has 0 aromatic heterocycles. The Morgan fingerprint density at radius 1 is 1.29 bits per heavy atom. The van der Waals surface area contributed by atoms with Crippen molar-refractivity contribution in [1.29, 1.82) is 0 Å². The molecule has 100 valence electrons. The Labute approximate surface area is 100 Å². The van der Waals surface area contributed by atoms with Crippen molar-refractivity contribution >= 4 is 22.1 Å². The number of rotatable bonds is 7. The SMILES string of the molecule is CC(C)N(C)S(=O)(=O)NCC(=O)NCC(=O)O. The van der Waals surface area contributed by atoms with E-state index in [2.05, 4.69) is 4.72 Å². The fourth-order valence-corrected chi connectivity index (χ4v) is 1.85. The number of carbonyl (C=O) groups excluding carboxylic acids is 1. The van der Waals surface area contributed by atoms with Crippen molar-refractivity contribution in [2.45, 2.75) is 19.9 Å². The molecule has 0 aliphatic rings. The van der Waals surface area contributed by atoms with Crippen LogP contribution in [0.25, 0.3) is 0 Å². The molecular formula is C8H17N3O5S. The number of amides is 1. The summed E-state index contributed by atoms with van der Waals surface area (Å²) in [6.45, 7) is 2.33. The van der Waals surface area contributed by atoms with Crippen LogP contribution in [0.2, 0.25) is 0 Å². The van der Waals surface area contributed by atoms with E-state index in [-0.39, 0.29) is 6.04 Å². The van der Waals surface area contributed by atoms with Gasteiger partial charge in [-0.1, -0.05) is 0 Å². The fraction of sp³-hybridized carbons (Fsp3) is 0.750. The predicted molar refractivity (Wildman–Crippen MR) is 60.5 cm³/mol. The van der Waals surface area contributed by atoms with Crippen LogP contribution in [0, 0.1) is 0 Å². The Balaban J connectivity index is 4.19. The molecule has 0 atom stereocenters. The van der Waals surface area contributed by atoms with Crippen LogP contribution in [0.4, 0.5) is 0 Å². The molecule has 0 unspecified atom stereocenters. The molecule has 0 saturated carbocycles. The molecule has 9 heteroatoms. The molecular weight excluding hydrogens is 250 g/mol. The number of carbonyl (C=O) groups is 2. The number of hydrogen-bond acceptors (Lipinski definition) is 4. The number of carboxylic acid groups (broad SMARTS) is 1. The van der Waals surface area contributed by atoms with Gasteiger partial charge in [0.25, 0.3) is 10.2 Å². The third kappa shape index (κ3) is 6.19. The molecule has 8 nitrogen and oxygen atoms in total. The highest BCUT2D eigenvalue weighted by atomic mass is 32.2. The average Bonchev–Trinajstić information content (AvgIpc) is 2.22. The minimum absolute atomic E-state index is 0.241. The molecule has 0 rings (SSSR count). The first-order valence-corrected chi connectivity index (χ1v) is 6.32. The molecule has 0 bridgehead atoms. The summed E-state index contributed by atoms with van der Waals surface area (Å²) < 4.78 is 26.2. The van der Waals surface area contributed by atoms with E-state index in [4.69, 9.17) is 5.11 Å². The van der Waals surface area contributed by atoms with Crippen molar-refractivity contribution in [1.82, 2.24) is 14.3 Å². The van der Waals surface area contributed by atoms with Crippen LogP contribution in [-0.2, 0) is 19.8 Å². The van der Waals surface area contributed by atoms with Crippen LogP contribution >= 0.6 is 0 Å². The Hall–Kier alpha value is -1.19. The number of hydrogen-bond donors (Lipinski definition) is 3. The number of aliphatic carboxylic acids is 1. The van der Waals surface area contributed by atoms with Gasteiger partial charge in [-0.2, -0.15) is 17.4 Å². The van der Waals surface area contributed by atoms with Crippen molar-refractivity contribution < 1.29 is 23.1 Å². The molecule has 0 heterocycles. The van der Waals surface area contributed by atoms with Gasteiger partial charge in [0.1, 0.15) is 6.54 Å². The van der Waals surface area contributed by atoms with E-state index in [9.17, 15) is 18.0 Å². The minimum Gasteiger partial charge on any atom is -0.480 e. The van der Waals surface area contributed by atoms with Gasteiger partial charge in [0.2, 0.25) is 5.91 Å². The fourth-order valence-electron chi connectivity index (χ4n) is 0.773. The monoisotopic (exact) mass is 267 g/mol. The summed E-state index contributed by atoms with van der Waals surface area (Å²) in [4.78, 5) is 21.2. The van der Waals surface area contributed by atoms with Crippen LogP contribution in [0.3, 0.4) is 0 Å². The third-order valence-corrected chi connectivity index (χ3v) is 3.65. The normalized spacial score (nSPS) is 11.8. The topological polar surface area (TPSA) is 116 Å². The molecule has 3 N–H and O–H groups in total. The van der Waals surface area contributed by atoms with E-state index in [0.29, 0.717) is 0 Å². The van der Waals surface area contributed by atoms with Gasteiger partial charge in [-0.05, 0) is 13.8 Å². The third-order valence-electron chi connectivity index (χ3n) is 1.96. The molecule has 1 amide bonds. The highest BCUT2D eigenvalue weighted by Crippen LogP contribution is 1.99. The van der Waals surface area contributed by atoms with Gasteiger partial charge in [0, 0.05) is 13.1 Å². The van der Waals surface area contributed by atoms with Crippen molar-refractivity contribution in [3.63, 3.8) is 0 Å². The lowest BCUT2D eigenvalue weighted by Gasteiger charge is -2.20. The average molecular weight is 267 g/mol. The Morgan fingerprint density at radius 2 is 1.82 bits per heavy atom. The number of nitrogens with one attached hydrogen (secondary N) is 2. The summed E-state index contributed by atoms with van der Waals surface area (Å²) in [5.41, 5.74) is 0. The summed E-state index contributed by atoms with van der Waals surface area (Å²) in [7, 11) is -2.34. The zero-order valence-electron chi connectivity index (χ0n) is 9.93. The summed E-state index contributed by atoms with van der Waals surface area (Å²) in [5, 5.41) is 10.3. The van der Waals surface area contributed by atoms with Crippen LogP contribution in [0.15, 0.2) is 0 Å². The lowest BCUT2D eigenvalue weighted by molar-refractivity contribution is -0.137. The summed E-state index contributed by atoms with van der Waals surface area (Å²) >= 11 is 0. The van der Waals surface area contributed by atoms with Crippen molar-refractivity contribution in [2.75, 3.05) is 20.1 Å². The Morgan fingerprint density at radius 3 is 2.24 bits per heavy atom. The number of nitrogens with zero attached hydrogens (tertiary/aromatic N) is 1. The second kappa shape index (κ2) is 6.52. The molecule has 17 heavy (non-hydrogen) atoms. The maximum Gasteiger partial charge on any atom is 0.322 e. The molecule has 0 spiro atoms. The van der Waals surface area contributed by atoms with E-state index >= 15 is 0 Å². The second-order valence-corrected chi connectivity index (χ2v) is 5.42. The van der Waals surface area contributed by atoms with Crippen molar-refractivity contribution in [3.05, 3.63) is 0 Å². The minimum atomic E-state index is -3.72. The lowest BCUT2D eigenvalue weighted by Crippen LogP contribution is -2.46. The van der Waals surface area contributed by atoms with Crippen molar-refractivity contribution in [2.24, 2.45) is 0 Å². The first kappa shape index (κ1) is 15.8. The second-order valence-electron chi connectivity index (χ2n) is 3.61. The molecule has 0 fully saturated rings. The maximum atomic E-state index is 11.5. The van der Waals surface area contributed by atoms with Crippen LogP contribution in [-0.4, -0.2) is 55.9 Å². The zero-order valence-corrected chi connectivity index (χ0v) is 10.7. The highest BCUT2D eigenvalue weighted by Gasteiger charge is 2.20. The molecule has 0 aromatic carbocycles.